The van der Waals surface area contributed by atoms with Gasteiger partial charge < -0.3 is 9.47 Å². The van der Waals surface area contributed by atoms with Gasteiger partial charge in [-0.05, 0) is 51.9 Å². The molecule has 2 heteroatoms. The van der Waals surface area contributed by atoms with Crippen LogP contribution in [-0.2, 0) is 9.47 Å². The van der Waals surface area contributed by atoms with Gasteiger partial charge in [-0.3, -0.25) is 0 Å². The quantitative estimate of drug-likeness (QED) is 0.658. The van der Waals surface area contributed by atoms with E-state index < -0.39 is 5.79 Å². The molecule has 0 unspecified atom stereocenters. The molecule has 0 aromatic carbocycles. The number of allylic oxidation sites excluding steroid dienone is 4. The average molecular weight is 276 g/mol. The van der Waals surface area contributed by atoms with Crippen molar-refractivity contribution in [2.75, 3.05) is 13.2 Å². The molecule has 0 aromatic heterocycles. The lowest BCUT2D eigenvalue weighted by Crippen LogP contribution is -2.53. The number of fused-ring (bicyclic) bond motifs is 2. The van der Waals surface area contributed by atoms with Gasteiger partial charge in [-0.1, -0.05) is 30.7 Å². The summed E-state index contributed by atoms with van der Waals surface area (Å²) in [5.74, 6) is 0.936. The molecule has 1 heterocycles. The van der Waals surface area contributed by atoms with Crippen molar-refractivity contribution in [3.63, 3.8) is 0 Å². The zero-order valence-electron chi connectivity index (χ0n) is 13.2. The largest absolute Gasteiger partial charge is 0.350 e. The molecule has 0 bridgehead atoms. The zero-order chi connectivity index (χ0) is 14.2. The minimum atomic E-state index is -0.398. The Morgan fingerprint density at radius 2 is 2.05 bits per heavy atom. The molecule has 0 radical (unpaired) electrons. The summed E-state index contributed by atoms with van der Waals surface area (Å²) in [6, 6.07) is 0. The molecule has 1 saturated heterocycles. The van der Waals surface area contributed by atoms with E-state index in [1.54, 1.807) is 5.57 Å². The molecule has 3 aliphatic rings. The summed E-state index contributed by atoms with van der Waals surface area (Å²) in [7, 11) is 0. The molecule has 2 aliphatic carbocycles. The molecule has 1 spiro atoms. The minimum absolute atomic E-state index is 0.246. The maximum atomic E-state index is 6.04. The Morgan fingerprint density at radius 1 is 1.30 bits per heavy atom. The van der Waals surface area contributed by atoms with Crippen molar-refractivity contribution >= 4 is 0 Å². The van der Waals surface area contributed by atoms with Crippen LogP contribution in [0.5, 0.6) is 0 Å². The molecule has 0 N–H and O–H groups in total. The molecule has 2 fully saturated rings. The first-order valence-corrected chi connectivity index (χ1v) is 8.20. The Hall–Kier alpha value is -0.600. The van der Waals surface area contributed by atoms with Crippen LogP contribution < -0.4 is 0 Å². The predicted octanol–water partition coefficient (Wildman–Crippen LogP) is 4.47. The van der Waals surface area contributed by atoms with Gasteiger partial charge in [0.05, 0.1) is 13.2 Å². The van der Waals surface area contributed by atoms with Crippen LogP contribution in [0.25, 0.3) is 0 Å². The fraction of sp³-hybridized carbons (Fsp3) is 0.778. The summed E-state index contributed by atoms with van der Waals surface area (Å²) >= 11 is 0. The molecule has 0 amide bonds. The molecule has 112 valence electrons. The van der Waals surface area contributed by atoms with Crippen LogP contribution in [0, 0.1) is 17.3 Å². The maximum absolute atomic E-state index is 6.04. The smallest absolute Gasteiger partial charge is 0.162 e. The summed E-state index contributed by atoms with van der Waals surface area (Å²) in [6.45, 7) is 8.05. The van der Waals surface area contributed by atoms with Crippen molar-refractivity contribution in [2.24, 2.45) is 17.3 Å². The zero-order valence-corrected chi connectivity index (χ0v) is 13.2. The molecule has 20 heavy (non-hydrogen) atoms. The van der Waals surface area contributed by atoms with Gasteiger partial charge in [-0.2, -0.15) is 0 Å². The van der Waals surface area contributed by atoms with E-state index in [0.717, 1.165) is 19.6 Å². The van der Waals surface area contributed by atoms with Gasteiger partial charge in [0, 0.05) is 11.3 Å². The Balaban J connectivity index is 1.84. The lowest BCUT2D eigenvalue weighted by atomic mass is 9.57. The lowest BCUT2D eigenvalue weighted by Gasteiger charge is -2.53. The van der Waals surface area contributed by atoms with Gasteiger partial charge in [0.1, 0.15) is 0 Å². The topological polar surface area (TPSA) is 18.5 Å². The standard InChI is InChI=1S/C18H28O2/c1-4-7-14-10-11-18(12-19-17(2,3)20-13-18)16-9-6-5-8-15(14)16/h5,7-8,15-16H,4,6,9-13H2,1-3H3/b14-7+/t15-,16+/m0/s1. The number of hydrogen-bond acceptors (Lipinski definition) is 2. The summed E-state index contributed by atoms with van der Waals surface area (Å²) in [5, 5.41) is 0. The van der Waals surface area contributed by atoms with Crippen LogP contribution in [0.4, 0.5) is 0 Å². The highest BCUT2D eigenvalue weighted by Gasteiger charge is 2.50. The Kier molecular flexibility index (Phi) is 3.81. The molecule has 3 rings (SSSR count). The summed E-state index contributed by atoms with van der Waals surface area (Å²) in [5.41, 5.74) is 1.90. The summed E-state index contributed by atoms with van der Waals surface area (Å²) < 4.78 is 12.1. The van der Waals surface area contributed by atoms with Crippen LogP contribution in [0.1, 0.15) is 52.9 Å². The highest BCUT2D eigenvalue weighted by Crippen LogP contribution is 2.53. The Bertz CT molecular complexity index is 409. The third kappa shape index (κ3) is 2.48. The molecule has 0 aromatic rings. The number of ether oxygens (including phenoxy) is 2. The van der Waals surface area contributed by atoms with Crippen LogP contribution in [0.2, 0.25) is 0 Å². The van der Waals surface area contributed by atoms with Gasteiger partial charge in [0.25, 0.3) is 0 Å². The van der Waals surface area contributed by atoms with Crippen LogP contribution >= 0.6 is 0 Å². The van der Waals surface area contributed by atoms with E-state index in [1.165, 1.54) is 25.7 Å². The summed E-state index contributed by atoms with van der Waals surface area (Å²) in [4.78, 5) is 0. The monoisotopic (exact) mass is 276 g/mol. The number of rotatable bonds is 1. The van der Waals surface area contributed by atoms with Crippen LogP contribution in [0.15, 0.2) is 23.8 Å². The van der Waals surface area contributed by atoms with E-state index in [0.29, 0.717) is 11.8 Å². The van der Waals surface area contributed by atoms with Gasteiger partial charge in [0.15, 0.2) is 5.79 Å². The minimum Gasteiger partial charge on any atom is -0.350 e. The normalized spacial score (nSPS) is 37.0. The van der Waals surface area contributed by atoms with Gasteiger partial charge >= 0.3 is 0 Å². The second-order valence-corrected chi connectivity index (χ2v) is 7.16. The number of hydrogen-bond donors (Lipinski definition) is 0. The van der Waals surface area contributed by atoms with Gasteiger partial charge in [-0.25, -0.2) is 0 Å². The van der Waals surface area contributed by atoms with Crippen molar-refractivity contribution < 1.29 is 9.47 Å². The van der Waals surface area contributed by atoms with Gasteiger partial charge in [0.2, 0.25) is 0 Å². The fourth-order valence-electron chi connectivity index (χ4n) is 4.22. The molecule has 2 atom stereocenters. The highest BCUT2D eigenvalue weighted by molar-refractivity contribution is 5.23. The van der Waals surface area contributed by atoms with Crippen LogP contribution in [0.3, 0.4) is 0 Å². The third-order valence-electron chi connectivity index (χ3n) is 5.43. The second-order valence-electron chi connectivity index (χ2n) is 7.16. The highest BCUT2D eigenvalue weighted by atomic mass is 16.7. The molecule has 2 nitrogen and oxygen atoms in total. The van der Waals surface area contributed by atoms with Crippen molar-refractivity contribution in [3.05, 3.63) is 23.8 Å². The van der Waals surface area contributed by atoms with E-state index in [1.807, 2.05) is 13.8 Å². The van der Waals surface area contributed by atoms with E-state index >= 15 is 0 Å². The Morgan fingerprint density at radius 3 is 2.75 bits per heavy atom. The lowest BCUT2D eigenvalue weighted by molar-refractivity contribution is -0.299. The van der Waals surface area contributed by atoms with Crippen molar-refractivity contribution in [1.82, 2.24) is 0 Å². The first-order valence-electron chi connectivity index (χ1n) is 8.20. The Labute approximate surface area is 123 Å². The fourth-order valence-corrected chi connectivity index (χ4v) is 4.22. The molecule has 1 saturated carbocycles. The molecular weight excluding hydrogens is 248 g/mol. The average Bonchev–Trinajstić information content (AvgIpc) is 2.45. The van der Waals surface area contributed by atoms with Gasteiger partial charge in [-0.15, -0.1) is 0 Å². The van der Waals surface area contributed by atoms with E-state index in [-0.39, 0.29) is 5.41 Å². The molecule has 1 aliphatic heterocycles. The first-order chi connectivity index (χ1) is 9.56. The second kappa shape index (κ2) is 5.31. The predicted molar refractivity (Wildman–Crippen MR) is 81.4 cm³/mol. The molecular formula is C18H28O2. The van der Waals surface area contributed by atoms with Crippen molar-refractivity contribution in [3.8, 4) is 0 Å². The third-order valence-corrected chi connectivity index (χ3v) is 5.43. The first kappa shape index (κ1) is 14.3. The van der Waals surface area contributed by atoms with Crippen LogP contribution in [-0.4, -0.2) is 19.0 Å². The summed E-state index contributed by atoms with van der Waals surface area (Å²) in [6.07, 6.45) is 13.4. The van der Waals surface area contributed by atoms with Crippen molar-refractivity contribution in [2.45, 2.75) is 58.7 Å². The SMILES string of the molecule is CC/C=C1\CCC2(COC(C)(C)OC2)[C@@H]2CCC=C[C@@H]12. The van der Waals surface area contributed by atoms with E-state index in [9.17, 15) is 0 Å². The van der Waals surface area contributed by atoms with Crippen molar-refractivity contribution in [1.29, 1.82) is 0 Å². The van der Waals surface area contributed by atoms with E-state index in [2.05, 4.69) is 25.2 Å². The maximum Gasteiger partial charge on any atom is 0.162 e. The van der Waals surface area contributed by atoms with E-state index in [4.69, 9.17) is 9.47 Å².